The summed E-state index contributed by atoms with van der Waals surface area (Å²) in [5.74, 6) is 0.761. The summed E-state index contributed by atoms with van der Waals surface area (Å²) < 4.78 is 5.70. The highest BCUT2D eigenvalue weighted by atomic mass is 35.5. The van der Waals surface area contributed by atoms with Crippen LogP contribution >= 0.6 is 11.6 Å². The van der Waals surface area contributed by atoms with Crippen molar-refractivity contribution in [1.82, 2.24) is 4.90 Å². The van der Waals surface area contributed by atoms with Crippen molar-refractivity contribution in [3.05, 3.63) is 82.4 Å². The van der Waals surface area contributed by atoms with Crippen molar-refractivity contribution in [3.63, 3.8) is 0 Å². The molecular formula is C21H20ClNO2. The Morgan fingerprint density at radius 1 is 1.24 bits per heavy atom. The molecular weight excluding hydrogens is 334 g/mol. The van der Waals surface area contributed by atoms with Crippen LogP contribution < -0.4 is 4.74 Å². The van der Waals surface area contributed by atoms with E-state index in [2.05, 4.69) is 0 Å². The highest BCUT2D eigenvalue weighted by Gasteiger charge is 2.15. The molecule has 25 heavy (non-hydrogen) atoms. The smallest absolute Gasteiger partial charge is 0.246 e. The first-order valence-electron chi connectivity index (χ1n) is 8.17. The van der Waals surface area contributed by atoms with Gasteiger partial charge in [0.15, 0.2) is 0 Å². The third-order valence-corrected chi connectivity index (χ3v) is 4.59. The molecule has 0 saturated carbocycles. The molecule has 0 bridgehead atoms. The number of hydrogen-bond donors (Lipinski definition) is 0. The number of fused-ring (bicyclic) bond motifs is 1. The average Bonchev–Trinajstić information content (AvgIpc) is 2.65. The Bertz CT molecular complexity index is 827. The predicted octanol–water partition coefficient (Wildman–Crippen LogP) is 4.89. The van der Waals surface area contributed by atoms with Crippen LogP contribution in [0.25, 0.3) is 6.08 Å². The van der Waals surface area contributed by atoms with Crippen LogP contribution in [0.15, 0.2) is 66.3 Å². The van der Waals surface area contributed by atoms with E-state index in [1.165, 1.54) is 0 Å². The van der Waals surface area contributed by atoms with Crippen molar-refractivity contribution in [2.45, 2.75) is 13.0 Å². The van der Waals surface area contributed by atoms with Gasteiger partial charge in [0, 0.05) is 23.7 Å². The van der Waals surface area contributed by atoms with E-state index in [1.54, 1.807) is 23.1 Å². The van der Waals surface area contributed by atoms with E-state index in [1.807, 2.05) is 62.5 Å². The number of likely N-dealkylation sites (N-methyl/N-ethyl adjacent to an activating group) is 1. The van der Waals surface area contributed by atoms with Crippen LogP contribution in [-0.4, -0.2) is 24.5 Å². The number of ether oxygens (including phenoxy) is 1. The van der Waals surface area contributed by atoms with Gasteiger partial charge in [-0.25, -0.2) is 0 Å². The lowest BCUT2D eigenvalue weighted by Gasteiger charge is -2.24. The SMILES string of the molecule is CC(c1ccccc1)N(C)C(=O)/C=C/C1=Cc2cc(Cl)ccc2OC1. The van der Waals surface area contributed by atoms with Gasteiger partial charge in [-0.05, 0) is 42.3 Å². The number of carbonyl (C=O) groups is 1. The minimum absolute atomic E-state index is 0.00877. The fourth-order valence-electron chi connectivity index (χ4n) is 2.70. The van der Waals surface area contributed by atoms with E-state index in [9.17, 15) is 4.79 Å². The summed E-state index contributed by atoms with van der Waals surface area (Å²) in [4.78, 5) is 14.2. The number of benzene rings is 2. The molecule has 4 heteroatoms. The zero-order valence-corrected chi connectivity index (χ0v) is 15.0. The van der Waals surface area contributed by atoms with Gasteiger partial charge >= 0.3 is 0 Å². The zero-order chi connectivity index (χ0) is 17.8. The fraction of sp³-hybridized carbons (Fsp3) is 0.190. The standard InChI is InChI=1S/C21H20ClNO2/c1-15(17-6-4-3-5-7-17)23(2)21(24)11-8-16-12-18-13-19(22)9-10-20(18)25-14-16/h3-13,15H,14H2,1-2H3/b11-8+. The minimum atomic E-state index is -0.0471. The molecule has 1 aliphatic rings. The van der Waals surface area contributed by atoms with Crippen LogP contribution in [0, 0.1) is 0 Å². The number of carbonyl (C=O) groups excluding carboxylic acids is 1. The lowest BCUT2D eigenvalue weighted by molar-refractivity contribution is -0.126. The van der Waals surface area contributed by atoms with Crippen molar-refractivity contribution in [2.75, 3.05) is 13.7 Å². The Morgan fingerprint density at radius 3 is 2.76 bits per heavy atom. The van der Waals surface area contributed by atoms with Gasteiger partial charge in [-0.2, -0.15) is 0 Å². The summed E-state index contributed by atoms with van der Waals surface area (Å²) in [6.07, 6.45) is 5.39. The van der Waals surface area contributed by atoms with E-state index >= 15 is 0 Å². The highest BCUT2D eigenvalue weighted by Crippen LogP contribution is 2.29. The molecule has 2 aromatic rings. The second kappa shape index (κ2) is 7.58. The second-order valence-corrected chi connectivity index (χ2v) is 6.50. The second-order valence-electron chi connectivity index (χ2n) is 6.06. The van der Waals surface area contributed by atoms with E-state index < -0.39 is 0 Å². The Morgan fingerprint density at radius 2 is 2.00 bits per heavy atom. The van der Waals surface area contributed by atoms with E-state index in [-0.39, 0.29) is 11.9 Å². The molecule has 128 valence electrons. The van der Waals surface area contributed by atoms with Gasteiger partial charge in [-0.1, -0.05) is 48.0 Å². The van der Waals surface area contributed by atoms with E-state index in [4.69, 9.17) is 16.3 Å². The summed E-state index contributed by atoms with van der Waals surface area (Å²) >= 11 is 6.02. The van der Waals surface area contributed by atoms with Gasteiger partial charge in [0.2, 0.25) is 5.91 Å². The molecule has 0 radical (unpaired) electrons. The monoisotopic (exact) mass is 353 g/mol. The van der Waals surface area contributed by atoms with Gasteiger partial charge < -0.3 is 9.64 Å². The van der Waals surface area contributed by atoms with Crippen molar-refractivity contribution >= 4 is 23.6 Å². The normalized spacial score (nSPS) is 14.4. The van der Waals surface area contributed by atoms with E-state index in [0.717, 1.165) is 22.4 Å². The van der Waals surface area contributed by atoms with Gasteiger partial charge in [0.25, 0.3) is 0 Å². The molecule has 3 rings (SSSR count). The molecule has 0 aromatic heterocycles. The Kier molecular flexibility index (Phi) is 5.25. The summed E-state index contributed by atoms with van der Waals surface area (Å²) in [5, 5.41) is 0.663. The topological polar surface area (TPSA) is 29.5 Å². The Hall–Kier alpha value is -2.52. The molecule has 1 aliphatic heterocycles. The van der Waals surface area contributed by atoms with Gasteiger partial charge in [-0.3, -0.25) is 4.79 Å². The zero-order valence-electron chi connectivity index (χ0n) is 14.3. The van der Waals surface area contributed by atoms with Gasteiger partial charge in [0.05, 0.1) is 6.04 Å². The molecule has 1 atom stereocenters. The molecule has 0 fully saturated rings. The Labute approximate surface area is 153 Å². The quantitative estimate of drug-likeness (QED) is 0.732. The van der Waals surface area contributed by atoms with Gasteiger partial charge in [-0.15, -0.1) is 0 Å². The van der Waals surface area contributed by atoms with Crippen molar-refractivity contribution in [2.24, 2.45) is 0 Å². The first-order chi connectivity index (χ1) is 12.0. The number of amides is 1. The summed E-state index contributed by atoms with van der Waals surface area (Å²) in [7, 11) is 1.81. The molecule has 0 N–H and O–H groups in total. The van der Waals surface area contributed by atoms with Crippen LogP contribution in [0.4, 0.5) is 0 Å². The number of halogens is 1. The largest absolute Gasteiger partial charge is 0.488 e. The first-order valence-corrected chi connectivity index (χ1v) is 8.55. The fourth-order valence-corrected chi connectivity index (χ4v) is 2.88. The van der Waals surface area contributed by atoms with Crippen LogP contribution in [0.3, 0.4) is 0 Å². The average molecular weight is 354 g/mol. The lowest BCUT2D eigenvalue weighted by Crippen LogP contribution is -2.28. The lowest BCUT2D eigenvalue weighted by atomic mass is 10.1. The number of hydrogen-bond acceptors (Lipinski definition) is 2. The maximum absolute atomic E-state index is 12.5. The molecule has 2 aromatic carbocycles. The van der Waals surface area contributed by atoms with Crippen LogP contribution in [0.2, 0.25) is 5.02 Å². The van der Waals surface area contributed by atoms with E-state index in [0.29, 0.717) is 11.6 Å². The molecule has 0 spiro atoms. The predicted molar refractivity (Wildman–Crippen MR) is 102 cm³/mol. The van der Waals surface area contributed by atoms with Crippen LogP contribution in [-0.2, 0) is 4.79 Å². The third kappa shape index (κ3) is 4.12. The number of nitrogens with zero attached hydrogens (tertiary/aromatic N) is 1. The molecule has 0 aliphatic carbocycles. The van der Waals surface area contributed by atoms with Crippen molar-refractivity contribution < 1.29 is 9.53 Å². The molecule has 0 saturated heterocycles. The molecule has 3 nitrogen and oxygen atoms in total. The molecule has 1 unspecified atom stereocenters. The van der Waals surface area contributed by atoms with Crippen LogP contribution in [0.5, 0.6) is 5.75 Å². The highest BCUT2D eigenvalue weighted by molar-refractivity contribution is 6.30. The van der Waals surface area contributed by atoms with Crippen molar-refractivity contribution in [3.8, 4) is 5.75 Å². The van der Waals surface area contributed by atoms with Crippen LogP contribution in [0.1, 0.15) is 24.1 Å². The summed E-state index contributed by atoms with van der Waals surface area (Å²) in [6.45, 7) is 2.46. The molecule has 1 heterocycles. The van der Waals surface area contributed by atoms with Gasteiger partial charge in [0.1, 0.15) is 12.4 Å². The van der Waals surface area contributed by atoms with Crippen molar-refractivity contribution in [1.29, 1.82) is 0 Å². The minimum Gasteiger partial charge on any atom is -0.488 e. The molecule has 1 amide bonds. The summed E-state index contributed by atoms with van der Waals surface area (Å²) in [6, 6.07) is 15.5. The first kappa shape index (κ1) is 17.3. The number of rotatable bonds is 4. The summed E-state index contributed by atoms with van der Waals surface area (Å²) in [5.41, 5.74) is 2.97. The maximum Gasteiger partial charge on any atom is 0.246 e. The Balaban J connectivity index is 1.70. The third-order valence-electron chi connectivity index (χ3n) is 4.36. The maximum atomic E-state index is 12.5.